The summed E-state index contributed by atoms with van der Waals surface area (Å²) in [5.74, 6) is -3.39. The molecule has 0 unspecified atom stereocenters. The first-order valence-electron chi connectivity index (χ1n) is 5.70. The third kappa shape index (κ3) is 1.96. The summed E-state index contributed by atoms with van der Waals surface area (Å²) in [6.07, 6.45) is 3.36. The molecule has 0 radical (unpaired) electrons. The summed E-state index contributed by atoms with van der Waals surface area (Å²) in [5, 5.41) is 16.6. The molecule has 1 N–H and O–H groups in total. The largest absolute Gasteiger partial charge is 0.478 e. The van der Waals surface area contributed by atoms with Crippen LogP contribution in [-0.4, -0.2) is 25.8 Å². The molecule has 3 rings (SSSR count). The molecular weight excluding hydrogens is 256 g/mol. The van der Waals surface area contributed by atoms with Crippen LogP contribution in [0.15, 0.2) is 18.5 Å². The van der Waals surface area contributed by atoms with Crippen LogP contribution in [0.3, 0.4) is 0 Å². The third-order valence-electron chi connectivity index (χ3n) is 3.05. The zero-order chi connectivity index (χ0) is 13.6. The van der Waals surface area contributed by atoms with Gasteiger partial charge in [-0.25, -0.2) is 13.6 Å². The summed E-state index contributed by atoms with van der Waals surface area (Å²) < 4.78 is 28.2. The molecule has 1 aromatic heterocycles. The highest BCUT2D eigenvalue weighted by molar-refractivity contribution is 5.95. The Kier molecular flexibility index (Phi) is 2.55. The van der Waals surface area contributed by atoms with Crippen molar-refractivity contribution in [3.63, 3.8) is 0 Å². The Morgan fingerprint density at radius 3 is 2.63 bits per heavy atom. The molecule has 1 saturated carbocycles. The Labute approximate surface area is 106 Å². The lowest BCUT2D eigenvalue weighted by Gasteiger charge is -2.08. The van der Waals surface area contributed by atoms with Crippen LogP contribution in [-0.2, 0) is 0 Å². The van der Waals surface area contributed by atoms with Crippen molar-refractivity contribution in [1.29, 1.82) is 0 Å². The average Bonchev–Trinajstić information content (AvgIpc) is 3.10. The van der Waals surface area contributed by atoms with Crippen molar-refractivity contribution >= 4 is 5.97 Å². The smallest absolute Gasteiger partial charge is 0.336 e. The monoisotopic (exact) mass is 265 g/mol. The number of rotatable bonds is 3. The highest BCUT2D eigenvalue weighted by Gasteiger charge is 2.28. The minimum absolute atomic E-state index is 0.0378. The fourth-order valence-corrected chi connectivity index (χ4v) is 1.96. The quantitative estimate of drug-likeness (QED) is 0.924. The van der Waals surface area contributed by atoms with Crippen LogP contribution in [0.2, 0.25) is 0 Å². The first-order chi connectivity index (χ1) is 9.08. The van der Waals surface area contributed by atoms with Gasteiger partial charge in [0.1, 0.15) is 6.33 Å². The number of hydrogen-bond donors (Lipinski definition) is 1. The van der Waals surface area contributed by atoms with Crippen molar-refractivity contribution in [2.75, 3.05) is 0 Å². The molecule has 0 amide bonds. The van der Waals surface area contributed by atoms with Crippen LogP contribution >= 0.6 is 0 Å². The van der Waals surface area contributed by atoms with Gasteiger partial charge < -0.3 is 9.67 Å². The molecule has 1 aliphatic rings. The van der Waals surface area contributed by atoms with Gasteiger partial charge in [-0.05, 0) is 25.0 Å². The molecular formula is C12H9F2N3O2. The highest BCUT2D eigenvalue weighted by atomic mass is 19.2. The first-order valence-corrected chi connectivity index (χ1v) is 5.70. The van der Waals surface area contributed by atoms with Gasteiger partial charge in [-0.1, -0.05) is 0 Å². The van der Waals surface area contributed by atoms with Crippen LogP contribution in [0, 0.1) is 11.6 Å². The van der Waals surface area contributed by atoms with Gasteiger partial charge in [-0.3, -0.25) is 0 Å². The van der Waals surface area contributed by atoms with Crippen LogP contribution < -0.4 is 0 Å². The van der Waals surface area contributed by atoms with Crippen molar-refractivity contribution in [1.82, 2.24) is 14.8 Å². The summed E-state index contributed by atoms with van der Waals surface area (Å²) in [6, 6.07) is 1.72. The van der Waals surface area contributed by atoms with Crippen LogP contribution in [0.5, 0.6) is 0 Å². The van der Waals surface area contributed by atoms with Crippen LogP contribution in [0.25, 0.3) is 11.4 Å². The van der Waals surface area contributed by atoms with E-state index in [-0.39, 0.29) is 23.0 Å². The lowest BCUT2D eigenvalue weighted by atomic mass is 10.1. The number of hydrogen-bond acceptors (Lipinski definition) is 3. The van der Waals surface area contributed by atoms with Crippen molar-refractivity contribution in [2.24, 2.45) is 0 Å². The zero-order valence-electron chi connectivity index (χ0n) is 9.68. The van der Waals surface area contributed by atoms with E-state index in [1.54, 1.807) is 4.57 Å². The molecule has 5 nitrogen and oxygen atoms in total. The number of halogens is 2. The molecule has 0 aliphatic heterocycles. The number of carbonyl (C=O) groups is 1. The van der Waals surface area contributed by atoms with E-state index in [1.807, 2.05) is 0 Å². The van der Waals surface area contributed by atoms with Crippen molar-refractivity contribution in [3.05, 3.63) is 35.7 Å². The average molecular weight is 265 g/mol. The predicted molar refractivity (Wildman–Crippen MR) is 60.6 cm³/mol. The Morgan fingerprint density at radius 2 is 2.00 bits per heavy atom. The molecule has 1 fully saturated rings. The maximum Gasteiger partial charge on any atom is 0.336 e. The summed E-state index contributed by atoms with van der Waals surface area (Å²) in [4.78, 5) is 11.1. The van der Waals surface area contributed by atoms with Gasteiger partial charge in [0, 0.05) is 11.6 Å². The van der Waals surface area contributed by atoms with Crippen LogP contribution in [0.1, 0.15) is 29.2 Å². The van der Waals surface area contributed by atoms with E-state index in [1.165, 1.54) is 6.33 Å². The van der Waals surface area contributed by atoms with Crippen molar-refractivity contribution in [3.8, 4) is 11.4 Å². The number of carboxylic acids is 1. The molecule has 1 heterocycles. The molecule has 0 bridgehead atoms. The van der Waals surface area contributed by atoms with Crippen molar-refractivity contribution < 1.29 is 18.7 Å². The molecule has 19 heavy (non-hydrogen) atoms. The second kappa shape index (κ2) is 4.11. The van der Waals surface area contributed by atoms with Gasteiger partial charge >= 0.3 is 5.97 Å². The van der Waals surface area contributed by atoms with Crippen LogP contribution in [0.4, 0.5) is 8.78 Å². The molecule has 2 aromatic rings. The third-order valence-corrected chi connectivity index (χ3v) is 3.05. The number of aromatic nitrogens is 3. The number of aromatic carboxylic acids is 1. The molecule has 98 valence electrons. The predicted octanol–water partition coefficient (Wildman–Crippen LogP) is 2.26. The summed E-state index contributed by atoms with van der Waals surface area (Å²) in [6.45, 7) is 0. The Bertz CT molecular complexity index is 665. The van der Waals surface area contributed by atoms with Gasteiger partial charge in [0.25, 0.3) is 0 Å². The van der Waals surface area contributed by atoms with E-state index in [0.29, 0.717) is 6.07 Å². The van der Waals surface area contributed by atoms with E-state index in [0.717, 1.165) is 18.9 Å². The van der Waals surface area contributed by atoms with Gasteiger partial charge in [0.2, 0.25) is 0 Å². The molecule has 1 aliphatic carbocycles. The fraction of sp³-hybridized carbons (Fsp3) is 0.250. The van der Waals surface area contributed by atoms with E-state index in [2.05, 4.69) is 10.2 Å². The SMILES string of the molecule is O=C(O)c1cc(F)c(F)cc1-c1nncn1C1CC1. The number of benzene rings is 1. The normalized spacial score (nSPS) is 14.6. The number of carboxylic acid groups (broad SMARTS) is 1. The standard InChI is InChI=1S/C12H9F2N3O2/c13-9-3-7(8(12(18)19)4-10(9)14)11-16-15-5-17(11)6-1-2-6/h3-6H,1-2H2,(H,18,19). The Hall–Kier alpha value is -2.31. The zero-order valence-corrected chi connectivity index (χ0v) is 9.68. The van der Waals surface area contributed by atoms with Crippen molar-refractivity contribution in [2.45, 2.75) is 18.9 Å². The molecule has 1 aromatic carbocycles. The lowest BCUT2D eigenvalue weighted by molar-refractivity contribution is 0.0697. The number of nitrogens with zero attached hydrogens (tertiary/aromatic N) is 3. The topological polar surface area (TPSA) is 68.0 Å². The molecule has 0 saturated heterocycles. The second-order valence-corrected chi connectivity index (χ2v) is 4.41. The summed E-state index contributed by atoms with van der Waals surface area (Å²) >= 11 is 0. The summed E-state index contributed by atoms with van der Waals surface area (Å²) in [7, 11) is 0. The van der Waals surface area contributed by atoms with Gasteiger partial charge in [0.05, 0.1) is 5.56 Å². The van der Waals surface area contributed by atoms with Gasteiger partial charge in [-0.15, -0.1) is 10.2 Å². The van der Waals surface area contributed by atoms with E-state index in [9.17, 15) is 13.6 Å². The Balaban J connectivity index is 2.20. The Morgan fingerprint density at radius 1 is 1.32 bits per heavy atom. The van der Waals surface area contributed by atoms with E-state index in [4.69, 9.17) is 5.11 Å². The van der Waals surface area contributed by atoms with E-state index >= 15 is 0 Å². The fourth-order valence-electron chi connectivity index (χ4n) is 1.96. The van der Waals surface area contributed by atoms with E-state index < -0.39 is 17.6 Å². The maximum atomic E-state index is 13.3. The molecule has 7 heteroatoms. The second-order valence-electron chi connectivity index (χ2n) is 4.41. The molecule has 0 atom stereocenters. The first kappa shape index (κ1) is 11.8. The summed E-state index contributed by atoms with van der Waals surface area (Å²) in [5.41, 5.74) is -0.287. The molecule has 0 spiro atoms. The minimum Gasteiger partial charge on any atom is -0.478 e. The maximum absolute atomic E-state index is 13.3. The van der Waals surface area contributed by atoms with Gasteiger partial charge in [-0.2, -0.15) is 0 Å². The highest BCUT2D eigenvalue weighted by Crippen LogP contribution is 2.38. The minimum atomic E-state index is -1.33. The van der Waals surface area contributed by atoms with Gasteiger partial charge in [0.15, 0.2) is 17.5 Å². The lowest BCUT2D eigenvalue weighted by Crippen LogP contribution is -2.06.